The fraction of sp³-hybridized carbons (Fsp3) is 0.667. The molecule has 0 spiro atoms. The van der Waals surface area contributed by atoms with Crippen molar-refractivity contribution in [3.05, 3.63) is 0 Å². The number of carbonyl (C=O) groups is 2. The largest absolute Gasteiger partial charge is 0.511 e. The molecule has 0 aromatic rings. The topological polar surface area (TPSA) is 82.1 Å². The van der Waals surface area contributed by atoms with Gasteiger partial charge in [0.1, 0.15) is 0 Å². The summed E-state index contributed by atoms with van der Waals surface area (Å²) in [5, 5.41) is 8.22. The zero-order chi connectivity index (χ0) is 9.19. The van der Waals surface area contributed by atoms with Gasteiger partial charge in [-0.1, -0.05) is 0 Å². The van der Waals surface area contributed by atoms with Crippen molar-refractivity contribution in [2.24, 2.45) is 0 Å². The molecule has 0 aromatic heterocycles. The van der Waals surface area contributed by atoms with Gasteiger partial charge in [-0.25, -0.2) is 9.59 Å². The zero-order valence-electron chi connectivity index (χ0n) is 6.40. The normalized spacial score (nSPS) is 17.8. The first kappa shape index (κ1) is 8.63. The van der Waals surface area contributed by atoms with Gasteiger partial charge in [-0.05, 0) is 0 Å². The van der Waals surface area contributed by atoms with Crippen LogP contribution in [0, 0.1) is 0 Å². The van der Waals surface area contributed by atoms with Crippen LogP contribution in [0.25, 0.3) is 0 Å². The minimum absolute atomic E-state index is 0.383. The van der Waals surface area contributed by atoms with Crippen molar-refractivity contribution in [1.82, 2.24) is 0 Å². The average molecular weight is 176 g/mol. The minimum Gasteiger partial charge on any atom is -0.450 e. The van der Waals surface area contributed by atoms with Gasteiger partial charge in [0.15, 0.2) is 0 Å². The Bertz CT molecular complexity index is 206. The Morgan fingerprint density at radius 3 is 2.25 bits per heavy atom. The van der Waals surface area contributed by atoms with E-state index in [-0.39, 0.29) is 0 Å². The van der Waals surface area contributed by atoms with E-state index >= 15 is 0 Å². The zero-order valence-corrected chi connectivity index (χ0v) is 6.40. The summed E-state index contributed by atoms with van der Waals surface area (Å²) in [4.78, 5) is 20.6. The number of ether oxygens (including phenoxy) is 3. The van der Waals surface area contributed by atoms with E-state index in [1.54, 1.807) is 0 Å². The number of methoxy groups -OCH3 is 1. The lowest BCUT2D eigenvalue weighted by Gasteiger charge is -2.13. The van der Waals surface area contributed by atoms with Gasteiger partial charge in [-0.3, -0.25) is 0 Å². The second-order valence-corrected chi connectivity index (χ2v) is 2.33. The third-order valence-electron chi connectivity index (χ3n) is 1.37. The molecule has 1 fully saturated rings. The first-order chi connectivity index (χ1) is 5.58. The summed E-state index contributed by atoms with van der Waals surface area (Å²) in [7, 11) is 1.14. The van der Waals surface area contributed by atoms with E-state index < -0.39 is 18.1 Å². The van der Waals surface area contributed by atoms with Crippen molar-refractivity contribution in [3.63, 3.8) is 0 Å². The highest BCUT2D eigenvalue weighted by molar-refractivity contribution is 5.62. The van der Waals surface area contributed by atoms with Crippen LogP contribution in [0.3, 0.4) is 0 Å². The van der Waals surface area contributed by atoms with Crippen molar-refractivity contribution in [2.75, 3.05) is 7.11 Å². The molecule has 1 aliphatic rings. The lowest BCUT2D eigenvalue weighted by atomic mass is 10.7. The number of carboxylic acid groups (broad SMARTS) is 1. The van der Waals surface area contributed by atoms with Gasteiger partial charge in [0.05, 0.1) is 7.11 Å². The second kappa shape index (κ2) is 2.88. The first-order valence-corrected chi connectivity index (χ1v) is 3.27. The summed E-state index contributed by atoms with van der Waals surface area (Å²) in [6, 6.07) is 0. The molecule has 0 heterocycles. The van der Waals surface area contributed by atoms with Crippen molar-refractivity contribution >= 4 is 12.3 Å². The van der Waals surface area contributed by atoms with Crippen LogP contribution < -0.4 is 0 Å². The predicted molar refractivity (Wildman–Crippen MR) is 34.6 cm³/mol. The molecule has 1 N–H and O–H groups in total. The van der Waals surface area contributed by atoms with Crippen molar-refractivity contribution in [3.8, 4) is 0 Å². The molecule has 1 saturated carbocycles. The Kier molecular flexibility index (Phi) is 2.07. The van der Waals surface area contributed by atoms with E-state index in [0.717, 1.165) is 7.11 Å². The van der Waals surface area contributed by atoms with Crippen LogP contribution in [-0.2, 0) is 14.2 Å². The van der Waals surface area contributed by atoms with E-state index in [4.69, 9.17) is 5.11 Å². The lowest BCUT2D eigenvalue weighted by molar-refractivity contribution is -0.115. The first-order valence-electron chi connectivity index (χ1n) is 3.27. The van der Waals surface area contributed by atoms with Crippen LogP contribution in [0.2, 0.25) is 0 Å². The summed E-state index contributed by atoms with van der Waals surface area (Å²) in [6.07, 6.45) is -1.63. The Balaban J connectivity index is 2.39. The maximum atomic E-state index is 10.5. The summed E-state index contributed by atoms with van der Waals surface area (Å²) in [5.41, 5.74) is 0. The molecular formula is C6H8O6. The average Bonchev–Trinajstić information content (AvgIpc) is 2.67. The molecule has 12 heavy (non-hydrogen) atoms. The van der Waals surface area contributed by atoms with Gasteiger partial charge in [-0.2, -0.15) is 0 Å². The monoisotopic (exact) mass is 176 g/mol. The Morgan fingerprint density at radius 2 is 1.92 bits per heavy atom. The molecule has 1 rings (SSSR count). The van der Waals surface area contributed by atoms with Crippen LogP contribution in [0.15, 0.2) is 0 Å². The standard InChI is InChI=1S/C6H8O6/c1-10-5(9)12-6(2-3-6)11-4(7)8/h2-3H2,1H3,(H,7,8). The van der Waals surface area contributed by atoms with Gasteiger partial charge in [0.2, 0.25) is 0 Å². The summed E-state index contributed by atoms with van der Waals surface area (Å²) < 4.78 is 13.0. The van der Waals surface area contributed by atoms with E-state index in [1.807, 2.05) is 0 Å². The van der Waals surface area contributed by atoms with E-state index in [0.29, 0.717) is 12.8 Å². The Labute approximate surface area is 68.0 Å². The molecule has 1 aliphatic carbocycles. The fourth-order valence-corrected chi connectivity index (χ4v) is 0.680. The summed E-state index contributed by atoms with van der Waals surface area (Å²) >= 11 is 0. The molecule has 6 nitrogen and oxygen atoms in total. The highest BCUT2D eigenvalue weighted by Gasteiger charge is 2.52. The van der Waals surface area contributed by atoms with Gasteiger partial charge < -0.3 is 19.3 Å². The molecule has 0 aliphatic heterocycles. The van der Waals surface area contributed by atoms with E-state index in [1.165, 1.54) is 0 Å². The predicted octanol–water partition coefficient (Wildman–Crippen LogP) is 0.954. The highest BCUT2D eigenvalue weighted by Crippen LogP contribution is 2.41. The van der Waals surface area contributed by atoms with Crippen molar-refractivity contribution in [2.45, 2.75) is 18.6 Å². The van der Waals surface area contributed by atoms with Crippen LogP contribution in [0.5, 0.6) is 0 Å². The number of carbonyl (C=O) groups excluding carboxylic acids is 1. The summed E-state index contributed by atoms with van der Waals surface area (Å²) in [5.74, 6) is -1.28. The third kappa shape index (κ3) is 2.01. The number of hydrogen-bond acceptors (Lipinski definition) is 5. The lowest BCUT2D eigenvalue weighted by Crippen LogP contribution is -2.25. The van der Waals surface area contributed by atoms with Gasteiger partial charge >= 0.3 is 12.3 Å². The molecule has 0 amide bonds. The quantitative estimate of drug-likeness (QED) is 0.498. The van der Waals surface area contributed by atoms with Gasteiger partial charge in [0.25, 0.3) is 5.79 Å². The van der Waals surface area contributed by atoms with Crippen molar-refractivity contribution in [1.29, 1.82) is 0 Å². The van der Waals surface area contributed by atoms with Crippen LogP contribution in [-0.4, -0.2) is 30.3 Å². The molecule has 0 bridgehead atoms. The van der Waals surface area contributed by atoms with Crippen LogP contribution in [0.4, 0.5) is 9.59 Å². The van der Waals surface area contributed by atoms with E-state index in [2.05, 4.69) is 14.2 Å². The van der Waals surface area contributed by atoms with Crippen LogP contribution >= 0.6 is 0 Å². The molecular weight excluding hydrogens is 168 g/mol. The molecule has 0 atom stereocenters. The molecule has 0 aromatic carbocycles. The maximum absolute atomic E-state index is 10.5. The second-order valence-electron chi connectivity index (χ2n) is 2.33. The molecule has 0 unspecified atom stereocenters. The SMILES string of the molecule is COC(=O)OC1(OC(=O)O)CC1. The Hall–Kier alpha value is -1.46. The molecule has 0 radical (unpaired) electrons. The summed E-state index contributed by atoms with van der Waals surface area (Å²) in [6.45, 7) is 0. The van der Waals surface area contributed by atoms with E-state index in [9.17, 15) is 9.59 Å². The molecule has 6 heteroatoms. The fourth-order valence-electron chi connectivity index (χ4n) is 0.680. The molecule has 68 valence electrons. The third-order valence-corrected chi connectivity index (χ3v) is 1.37. The number of hydrogen-bond donors (Lipinski definition) is 1. The Morgan fingerprint density at radius 1 is 1.33 bits per heavy atom. The van der Waals surface area contributed by atoms with Crippen LogP contribution in [0.1, 0.15) is 12.8 Å². The minimum atomic E-state index is -1.46. The number of rotatable bonds is 2. The maximum Gasteiger partial charge on any atom is 0.511 e. The van der Waals surface area contributed by atoms with Gasteiger partial charge in [0, 0.05) is 12.8 Å². The smallest absolute Gasteiger partial charge is 0.450 e. The molecule has 0 saturated heterocycles. The van der Waals surface area contributed by atoms with Gasteiger partial charge in [-0.15, -0.1) is 0 Å². The van der Waals surface area contributed by atoms with Crippen molar-refractivity contribution < 1.29 is 28.9 Å². The highest BCUT2D eigenvalue weighted by atomic mass is 16.8.